The number of pyridine rings is 1. The summed E-state index contributed by atoms with van der Waals surface area (Å²) in [6, 6.07) is 18.2. The second kappa shape index (κ2) is 10.6. The lowest BCUT2D eigenvalue weighted by Crippen LogP contribution is -2.34. The fraction of sp³-hybridized carbons (Fsp3) is 0.407. The summed E-state index contributed by atoms with van der Waals surface area (Å²) in [4.78, 5) is 19.6. The molecule has 1 saturated carbocycles. The average Bonchev–Trinajstić information content (AvgIpc) is 2.83. The molecule has 33 heavy (non-hydrogen) atoms. The van der Waals surface area contributed by atoms with Gasteiger partial charge in [0, 0.05) is 43.8 Å². The van der Waals surface area contributed by atoms with E-state index in [-0.39, 0.29) is 5.91 Å². The van der Waals surface area contributed by atoms with E-state index in [1.54, 1.807) is 0 Å². The number of nitrogens with one attached hydrogen (secondary N) is 2. The van der Waals surface area contributed by atoms with Gasteiger partial charge < -0.3 is 20.3 Å². The SMILES string of the molecule is CCOc1ccccc1C(=O)NCC1CCC(Nc2cc(N(C)C)c3ccccc3n2)CC1. The standard InChI is InChI=1S/C27H34N4O2/c1-4-33-25-12-8-6-10-22(25)27(32)28-18-19-13-15-20(16-14-19)29-26-17-24(31(2)3)21-9-5-7-11-23(21)30-26/h5-12,17,19-20H,4,13-16,18H2,1-3H3,(H,28,32)(H,29,30). The number of carbonyl (C=O) groups excluding carboxylic acids is 1. The van der Waals surface area contributed by atoms with Crippen LogP contribution in [0.4, 0.5) is 11.5 Å². The monoisotopic (exact) mass is 446 g/mol. The smallest absolute Gasteiger partial charge is 0.255 e. The van der Waals surface area contributed by atoms with Crippen LogP contribution < -0.4 is 20.3 Å². The molecular formula is C27H34N4O2. The van der Waals surface area contributed by atoms with Crippen molar-refractivity contribution in [2.24, 2.45) is 5.92 Å². The molecule has 6 heteroatoms. The first-order valence-electron chi connectivity index (χ1n) is 11.9. The average molecular weight is 447 g/mol. The molecule has 1 aromatic heterocycles. The maximum atomic E-state index is 12.7. The molecule has 1 amide bonds. The minimum atomic E-state index is -0.0594. The molecule has 1 heterocycles. The third-order valence-electron chi connectivity index (χ3n) is 6.36. The summed E-state index contributed by atoms with van der Waals surface area (Å²) in [6.07, 6.45) is 4.31. The number of rotatable bonds is 8. The Morgan fingerprint density at radius 2 is 1.79 bits per heavy atom. The largest absolute Gasteiger partial charge is 0.493 e. The Balaban J connectivity index is 1.31. The highest BCUT2D eigenvalue weighted by Gasteiger charge is 2.23. The maximum Gasteiger partial charge on any atom is 0.255 e. The molecule has 0 unspecified atom stereocenters. The summed E-state index contributed by atoms with van der Waals surface area (Å²) in [5, 5.41) is 7.94. The van der Waals surface area contributed by atoms with Gasteiger partial charge in [-0.2, -0.15) is 0 Å². The normalized spacial score (nSPS) is 18.0. The molecule has 6 nitrogen and oxygen atoms in total. The summed E-state index contributed by atoms with van der Waals surface area (Å²) in [7, 11) is 4.13. The van der Waals surface area contributed by atoms with Crippen LogP contribution in [0, 0.1) is 5.92 Å². The first-order valence-corrected chi connectivity index (χ1v) is 11.9. The van der Waals surface area contributed by atoms with Crippen LogP contribution in [-0.2, 0) is 0 Å². The Kier molecular flexibility index (Phi) is 7.33. The molecule has 1 fully saturated rings. The highest BCUT2D eigenvalue weighted by molar-refractivity contribution is 5.97. The Morgan fingerprint density at radius 3 is 2.55 bits per heavy atom. The third kappa shape index (κ3) is 5.56. The second-order valence-electron chi connectivity index (χ2n) is 8.94. The number of benzene rings is 2. The zero-order valence-corrected chi connectivity index (χ0v) is 19.8. The molecule has 3 aromatic rings. The van der Waals surface area contributed by atoms with E-state index < -0.39 is 0 Å². The highest BCUT2D eigenvalue weighted by atomic mass is 16.5. The van der Waals surface area contributed by atoms with Gasteiger partial charge in [0.05, 0.1) is 17.7 Å². The van der Waals surface area contributed by atoms with Crippen molar-refractivity contribution in [1.29, 1.82) is 0 Å². The van der Waals surface area contributed by atoms with Crippen molar-refractivity contribution in [2.45, 2.75) is 38.6 Å². The van der Waals surface area contributed by atoms with Crippen molar-refractivity contribution in [3.63, 3.8) is 0 Å². The number of fused-ring (bicyclic) bond motifs is 1. The van der Waals surface area contributed by atoms with Crippen molar-refractivity contribution < 1.29 is 9.53 Å². The van der Waals surface area contributed by atoms with Crippen molar-refractivity contribution in [2.75, 3.05) is 37.5 Å². The van der Waals surface area contributed by atoms with Crippen molar-refractivity contribution in [1.82, 2.24) is 10.3 Å². The molecule has 0 saturated heterocycles. The van der Waals surface area contributed by atoms with Gasteiger partial charge in [-0.05, 0) is 56.7 Å². The van der Waals surface area contributed by atoms with E-state index in [1.807, 2.05) is 37.3 Å². The maximum absolute atomic E-state index is 12.7. The zero-order valence-electron chi connectivity index (χ0n) is 19.8. The lowest BCUT2D eigenvalue weighted by molar-refractivity contribution is 0.0939. The van der Waals surface area contributed by atoms with Crippen molar-refractivity contribution in [3.8, 4) is 5.75 Å². The number of para-hydroxylation sites is 2. The molecule has 0 atom stereocenters. The lowest BCUT2D eigenvalue weighted by Gasteiger charge is -2.30. The topological polar surface area (TPSA) is 66.5 Å². The first-order chi connectivity index (χ1) is 16.0. The van der Waals surface area contributed by atoms with Crippen molar-refractivity contribution in [3.05, 3.63) is 60.2 Å². The molecule has 174 valence electrons. The molecule has 1 aliphatic carbocycles. The number of aromatic nitrogens is 1. The van der Waals surface area contributed by atoms with Gasteiger partial charge in [-0.15, -0.1) is 0 Å². The van der Waals surface area contributed by atoms with Gasteiger partial charge in [0.25, 0.3) is 5.91 Å². The molecule has 0 spiro atoms. The minimum absolute atomic E-state index is 0.0594. The van der Waals surface area contributed by atoms with Gasteiger partial charge in [0.15, 0.2) is 0 Å². The van der Waals surface area contributed by atoms with Crippen LogP contribution in [0.2, 0.25) is 0 Å². The molecule has 0 bridgehead atoms. The van der Waals surface area contributed by atoms with E-state index in [1.165, 1.54) is 11.1 Å². The van der Waals surface area contributed by atoms with Crippen LogP contribution in [0.25, 0.3) is 10.9 Å². The Hall–Kier alpha value is -3.28. The van der Waals surface area contributed by atoms with Gasteiger partial charge in [-0.1, -0.05) is 30.3 Å². The van der Waals surface area contributed by atoms with Crippen LogP contribution in [0.15, 0.2) is 54.6 Å². The summed E-state index contributed by atoms with van der Waals surface area (Å²) < 4.78 is 5.59. The van der Waals surface area contributed by atoms with E-state index >= 15 is 0 Å². The van der Waals surface area contributed by atoms with E-state index in [4.69, 9.17) is 9.72 Å². The van der Waals surface area contributed by atoms with Crippen LogP contribution >= 0.6 is 0 Å². The minimum Gasteiger partial charge on any atom is -0.493 e. The van der Waals surface area contributed by atoms with E-state index in [0.717, 1.165) is 37.0 Å². The molecular weight excluding hydrogens is 412 g/mol. The number of hydrogen-bond acceptors (Lipinski definition) is 5. The summed E-state index contributed by atoms with van der Waals surface area (Å²) in [6.45, 7) is 3.17. The number of carbonyl (C=O) groups is 1. The third-order valence-corrected chi connectivity index (χ3v) is 6.36. The predicted molar refractivity (Wildman–Crippen MR) is 135 cm³/mol. The van der Waals surface area contributed by atoms with Gasteiger partial charge in [-0.25, -0.2) is 4.98 Å². The number of ether oxygens (including phenoxy) is 1. The quantitative estimate of drug-likeness (QED) is 0.504. The van der Waals surface area contributed by atoms with Gasteiger partial charge >= 0.3 is 0 Å². The van der Waals surface area contributed by atoms with Gasteiger partial charge in [0.2, 0.25) is 0 Å². The number of nitrogens with zero attached hydrogens (tertiary/aromatic N) is 2. The summed E-state index contributed by atoms with van der Waals surface area (Å²) in [5.41, 5.74) is 2.79. The predicted octanol–water partition coefficient (Wildman–Crippen LogP) is 5.10. The highest BCUT2D eigenvalue weighted by Crippen LogP contribution is 2.30. The van der Waals surface area contributed by atoms with E-state index in [9.17, 15) is 4.79 Å². The number of hydrogen-bond donors (Lipinski definition) is 2. The molecule has 0 radical (unpaired) electrons. The van der Waals surface area contributed by atoms with Crippen molar-refractivity contribution >= 4 is 28.3 Å². The Labute approximate surface area is 196 Å². The molecule has 4 rings (SSSR count). The number of anilines is 2. The summed E-state index contributed by atoms with van der Waals surface area (Å²) >= 11 is 0. The van der Waals surface area contributed by atoms with Crippen LogP contribution in [-0.4, -0.2) is 44.2 Å². The lowest BCUT2D eigenvalue weighted by atomic mass is 9.86. The number of amides is 1. The first kappa shape index (κ1) is 22.9. The summed E-state index contributed by atoms with van der Waals surface area (Å²) in [5.74, 6) is 2.01. The van der Waals surface area contributed by atoms with Gasteiger partial charge in [-0.3, -0.25) is 4.79 Å². The molecule has 2 N–H and O–H groups in total. The molecule has 1 aliphatic rings. The Morgan fingerprint density at radius 1 is 1.06 bits per heavy atom. The fourth-order valence-electron chi connectivity index (χ4n) is 4.59. The van der Waals surface area contributed by atoms with E-state index in [0.29, 0.717) is 36.4 Å². The zero-order chi connectivity index (χ0) is 23.2. The molecule has 2 aromatic carbocycles. The second-order valence-corrected chi connectivity index (χ2v) is 8.94. The van der Waals surface area contributed by atoms with Crippen LogP contribution in [0.1, 0.15) is 43.0 Å². The van der Waals surface area contributed by atoms with Gasteiger partial charge in [0.1, 0.15) is 11.6 Å². The fourth-order valence-corrected chi connectivity index (χ4v) is 4.59. The van der Waals surface area contributed by atoms with E-state index in [2.05, 4.69) is 53.9 Å². The van der Waals surface area contributed by atoms with Crippen LogP contribution in [0.5, 0.6) is 5.75 Å². The molecule has 0 aliphatic heterocycles. The van der Waals surface area contributed by atoms with Crippen LogP contribution in [0.3, 0.4) is 0 Å². The Bertz CT molecular complexity index is 1090.